The van der Waals surface area contributed by atoms with E-state index in [0.717, 1.165) is 5.56 Å². The van der Waals surface area contributed by atoms with Crippen LogP contribution in [0.4, 0.5) is 0 Å². The number of benzene rings is 3. The minimum Gasteiger partial charge on any atom is -0.507 e. The molecule has 1 amide bonds. The van der Waals surface area contributed by atoms with Crippen LogP contribution in [0, 0.1) is 0 Å². The summed E-state index contributed by atoms with van der Waals surface area (Å²) in [6.45, 7) is 0.306. The molecule has 6 nitrogen and oxygen atoms in total. The van der Waals surface area contributed by atoms with Gasteiger partial charge in [-0.05, 0) is 42.0 Å². The number of para-hydroxylation sites is 1. The average Bonchev–Trinajstić information content (AvgIpc) is 2.74. The molecule has 0 aliphatic heterocycles. The van der Waals surface area contributed by atoms with Gasteiger partial charge in [0.2, 0.25) is 0 Å². The van der Waals surface area contributed by atoms with Gasteiger partial charge in [0.1, 0.15) is 23.9 Å². The van der Waals surface area contributed by atoms with Crippen molar-refractivity contribution in [1.82, 2.24) is 5.43 Å². The Hall–Kier alpha value is -3.80. The molecular weight excluding hydrogens is 356 g/mol. The van der Waals surface area contributed by atoms with Crippen LogP contribution in [-0.2, 0) is 11.4 Å². The smallest absolute Gasteiger partial charge is 0.277 e. The van der Waals surface area contributed by atoms with Gasteiger partial charge in [-0.25, -0.2) is 5.43 Å². The fourth-order valence-corrected chi connectivity index (χ4v) is 2.32. The Morgan fingerprint density at radius 2 is 1.54 bits per heavy atom. The Balaban J connectivity index is 1.41. The first-order chi connectivity index (χ1) is 13.7. The Morgan fingerprint density at radius 3 is 2.25 bits per heavy atom. The number of nitrogens with one attached hydrogen (secondary N) is 1. The molecule has 0 saturated heterocycles. The zero-order valence-corrected chi connectivity index (χ0v) is 15.1. The highest BCUT2D eigenvalue weighted by Crippen LogP contribution is 2.18. The summed E-state index contributed by atoms with van der Waals surface area (Å²) in [5, 5.41) is 13.4. The van der Waals surface area contributed by atoms with Crippen LogP contribution in [0.1, 0.15) is 11.1 Å². The number of phenols is 1. The second kappa shape index (κ2) is 9.78. The van der Waals surface area contributed by atoms with Crippen molar-refractivity contribution in [3.05, 3.63) is 90.0 Å². The number of nitrogens with zero attached hydrogens (tertiary/aromatic N) is 1. The lowest BCUT2D eigenvalue weighted by Gasteiger charge is -2.08. The van der Waals surface area contributed by atoms with E-state index in [1.165, 1.54) is 6.21 Å². The van der Waals surface area contributed by atoms with Crippen molar-refractivity contribution in [2.75, 3.05) is 6.61 Å². The first-order valence-electron chi connectivity index (χ1n) is 8.70. The quantitative estimate of drug-likeness (QED) is 0.466. The molecule has 3 aromatic carbocycles. The van der Waals surface area contributed by atoms with Crippen LogP contribution >= 0.6 is 0 Å². The van der Waals surface area contributed by atoms with E-state index in [-0.39, 0.29) is 12.4 Å². The van der Waals surface area contributed by atoms with E-state index in [1.807, 2.05) is 30.3 Å². The summed E-state index contributed by atoms with van der Waals surface area (Å²) >= 11 is 0. The zero-order valence-electron chi connectivity index (χ0n) is 15.1. The number of aromatic hydroxyl groups is 1. The maximum Gasteiger partial charge on any atom is 0.277 e. The summed E-state index contributed by atoms with van der Waals surface area (Å²) in [5.74, 6) is 0.946. The molecule has 0 unspecified atom stereocenters. The molecule has 0 fully saturated rings. The van der Waals surface area contributed by atoms with Crippen molar-refractivity contribution in [3.8, 4) is 17.2 Å². The highest BCUT2D eigenvalue weighted by atomic mass is 16.5. The van der Waals surface area contributed by atoms with Gasteiger partial charge < -0.3 is 14.6 Å². The third kappa shape index (κ3) is 5.88. The minimum absolute atomic E-state index is 0.0892. The summed E-state index contributed by atoms with van der Waals surface area (Å²) in [6.07, 6.45) is 1.37. The van der Waals surface area contributed by atoms with Crippen LogP contribution in [0.3, 0.4) is 0 Å². The van der Waals surface area contributed by atoms with Gasteiger partial charge in [0, 0.05) is 5.56 Å². The molecule has 0 aliphatic rings. The second-order valence-corrected chi connectivity index (χ2v) is 5.89. The Kier molecular flexibility index (Phi) is 6.62. The molecule has 3 rings (SSSR count). The van der Waals surface area contributed by atoms with Gasteiger partial charge >= 0.3 is 0 Å². The maximum absolute atomic E-state index is 11.8. The highest BCUT2D eigenvalue weighted by Gasteiger charge is 2.03. The van der Waals surface area contributed by atoms with E-state index >= 15 is 0 Å². The predicted octanol–water partition coefficient (Wildman–Crippen LogP) is 3.50. The topological polar surface area (TPSA) is 80.2 Å². The normalized spacial score (nSPS) is 10.6. The molecule has 0 aromatic heterocycles. The zero-order chi connectivity index (χ0) is 19.6. The van der Waals surface area contributed by atoms with E-state index < -0.39 is 5.91 Å². The van der Waals surface area contributed by atoms with Gasteiger partial charge in [-0.2, -0.15) is 5.10 Å². The molecule has 6 heteroatoms. The summed E-state index contributed by atoms with van der Waals surface area (Å²) in [5.41, 5.74) is 3.94. The number of hydrazone groups is 1. The predicted molar refractivity (Wildman–Crippen MR) is 107 cm³/mol. The molecule has 28 heavy (non-hydrogen) atoms. The summed E-state index contributed by atoms with van der Waals surface area (Å²) in [6, 6.07) is 23.6. The largest absolute Gasteiger partial charge is 0.507 e. The van der Waals surface area contributed by atoms with Gasteiger partial charge in [-0.15, -0.1) is 0 Å². The first kappa shape index (κ1) is 19.0. The van der Waals surface area contributed by atoms with Crippen LogP contribution < -0.4 is 14.9 Å². The number of rotatable bonds is 8. The van der Waals surface area contributed by atoms with Crippen molar-refractivity contribution in [2.45, 2.75) is 6.61 Å². The van der Waals surface area contributed by atoms with E-state index in [1.54, 1.807) is 48.5 Å². The monoisotopic (exact) mass is 376 g/mol. The minimum atomic E-state index is -0.406. The van der Waals surface area contributed by atoms with E-state index in [9.17, 15) is 9.90 Å². The van der Waals surface area contributed by atoms with Crippen LogP contribution in [0.25, 0.3) is 0 Å². The number of carbonyl (C=O) groups is 1. The van der Waals surface area contributed by atoms with Crippen molar-refractivity contribution < 1.29 is 19.4 Å². The van der Waals surface area contributed by atoms with Gasteiger partial charge in [0.05, 0.1) is 6.21 Å². The number of hydrogen-bond acceptors (Lipinski definition) is 5. The highest BCUT2D eigenvalue weighted by molar-refractivity contribution is 5.85. The lowest BCUT2D eigenvalue weighted by Crippen LogP contribution is -2.24. The third-order valence-corrected chi connectivity index (χ3v) is 3.77. The number of amides is 1. The summed E-state index contributed by atoms with van der Waals surface area (Å²) < 4.78 is 11.1. The molecule has 0 aliphatic carbocycles. The van der Waals surface area contributed by atoms with E-state index in [2.05, 4.69) is 10.5 Å². The lowest BCUT2D eigenvalue weighted by atomic mass is 10.2. The fourth-order valence-electron chi connectivity index (χ4n) is 2.32. The standard InChI is InChI=1S/C22H20N2O4/c25-21-9-5-4-8-18(21)14-23-24-22(26)16-28-20-12-10-19(11-13-20)27-15-17-6-2-1-3-7-17/h1-14,25H,15-16H2,(H,24,26)/b23-14+. The molecule has 3 aromatic rings. The molecule has 0 atom stereocenters. The Bertz CT molecular complexity index is 925. The van der Waals surface area contributed by atoms with E-state index in [4.69, 9.17) is 9.47 Å². The molecule has 142 valence electrons. The van der Waals surface area contributed by atoms with Crippen LogP contribution in [-0.4, -0.2) is 23.8 Å². The van der Waals surface area contributed by atoms with Gasteiger partial charge in [0.15, 0.2) is 6.61 Å². The van der Waals surface area contributed by atoms with Gasteiger partial charge in [0.25, 0.3) is 5.91 Å². The van der Waals surface area contributed by atoms with Crippen LogP contribution in [0.5, 0.6) is 17.2 Å². The molecule has 2 N–H and O–H groups in total. The van der Waals surface area contributed by atoms with E-state index in [0.29, 0.717) is 23.7 Å². The van der Waals surface area contributed by atoms with Crippen LogP contribution in [0.2, 0.25) is 0 Å². The SMILES string of the molecule is O=C(COc1ccc(OCc2ccccc2)cc1)N/N=C/c1ccccc1O. The Morgan fingerprint density at radius 1 is 0.893 bits per heavy atom. The molecule has 0 radical (unpaired) electrons. The molecular formula is C22H20N2O4. The Labute approximate surface area is 163 Å². The van der Waals surface area contributed by atoms with Crippen molar-refractivity contribution in [3.63, 3.8) is 0 Å². The van der Waals surface area contributed by atoms with Crippen molar-refractivity contribution >= 4 is 12.1 Å². The molecule has 0 bridgehead atoms. The second-order valence-electron chi connectivity index (χ2n) is 5.89. The molecule has 0 saturated carbocycles. The lowest BCUT2D eigenvalue weighted by molar-refractivity contribution is -0.123. The molecule has 0 spiro atoms. The number of hydrogen-bond donors (Lipinski definition) is 2. The molecule has 0 heterocycles. The summed E-state index contributed by atoms with van der Waals surface area (Å²) in [7, 11) is 0. The number of carbonyl (C=O) groups excluding carboxylic acids is 1. The summed E-state index contributed by atoms with van der Waals surface area (Å²) in [4.78, 5) is 11.8. The third-order valence-electron chi connectivity index (χ3n) is 3.77. The first-order valence-corrected chi connectivity index (χ1v) is 8.70. The number of phenolic OH excluding ortho intramolecular Hbond substituents is 1. The fraction of sp³-hybridized carbons (Fsp3) is 0.0909. The van der Waals surface area contributed by atoms with Crippen LogP contribution in [0.15, 0.2) is 84.0 Å². The van der Waals surface area contributed by atoms with Gasteiger partial charge in [-0.1, -0.05) is 42.5 Å². The van der Waals surface area contributed by atoms with Crippen molar-refractivity contribution in [2.24, 2.45) is 5.10 Å². The maximum atomic E-state index is 11.8. The average molecular weight is 376 g/mol. The number of ether oxygens (including phenoxy) is 2. The van der Waals surface area contributed by atoms with Gasteiger partial charge in [-0.3, -0.25) is 4.79 Å². The van der Waals surface area contributed by atoms with Crippen molar-refractivity contribution in [1.29, 1.82) is 0 Å².